The lowest BCUT2D eigenvalue weighted by atomic mass is 9.67. The van der Waals surface area contributed by atoms with Crippen LogP contribution in [0.4, 0.5) is 0 Å². The van der Waals surface area contributed by atoms with Crippen LogP contribution in [-0.4, -0.2) is 33.8 Å². The monoisotopic (exact) mass is 403 g/mol. The fourth-order valence-corrected chi connectivity index (χ4v) is 4.92. The molecule has 3 heterocycles. The Balaban J connectivity index is 0.00000121. The molecule has 1 saturated carbocycles. The molecule has 26 heavy (non-hydrogen) atoms. The highest BCUT2D eigenvalue weighted by Gasteiger charge is 2.50. The van der Waals surface area contributed by atoms with Gasteiger partial charge in [0.2, 0.25) is 5.91 Å². The summed E-state index contributed by atoms with van der Waals surface area (Å²) in [5.74, 6) is 2.72. The molecule has 1 aromatic rings. The molecular weight excluding hydrogens is 373 g/mol. The van der Waals surface area contributed by atoms with Crippen LogP contribution in [0.5, 0.6) is 0 Å². The summed E-state index contributed by atoms with van der Waals surface area (Å²) >= 11 is 0. The second kappa shape index (κ2) is 8.89. The van der Waals surface area contributed by atoms with Gasteiger partial charge in [0, 0.05) is 19.5 Å². The van der Waals surface area contributed by atoms with Crippen LogP contribution < -0.4 is 10.6 Å². The van der Waals surface area contributed by atoms with Gasteiger partial charge >= 0.3 is 0 Å². The van der Waals surface area contributed by atoms with E-state index in [1.807, 2.05) is 0 Å². The highest BCUT2D eigenvalue weighted by atomic mass is 35.5. The summed E-state index contributed by atoms with van der Waals surface area (Å²) < 4.78 is 2.24. The van der Waals surface area contributed by atoms with Gasteiger partial charge in [-0.25, -0.2) is 0 Å². The number of aromatic nitrogens is 3. The highest BCUT2D eigenvalue weighted by Crippen LogP contribution is 2.44. The molecule has 8 heteroatoms. The van der Waals surface area contributed by atoms with Crippen LogP contribution in [0.15, 0.2) is 0 Å². The van der Waals surface area contributed by atoms with Crippen molar-refractivity contribution in [3.63, 3.8) is 0 Å². The number of nitrogens with one attached hydrogen (secondary N) is 2. The first kappa shape index (κ1) is 21.5. The molecule has 1 aliphatic carbocycles. The van der Waals surface area contributed by atoms with Gasteiger partial charge in [0.25, 0.3) is 0 Å². The molecule has 1 saturated heterocycles. The normalized spacial score (nSPS) is 28.6. The first-order valence-corrected chi connectivity index (χ1v) is 9.64. The fourth-order valence-electron chi connectivity index (χ4n) is 4.92. The molecule has 2 fully saturated rings. The zero-order chi connectivity index (χ0) is 16.6. The molecule has 1 aromatic heterocycles. The number of rotatable bonds is 3. The van der Waals surface area contributed by atoms with E-state index in [9.17, 15) is 4.79 Å². The second-order valence-corrected chi connectivity index (χ2v) is 7.86. The molecule has 0 spiro atoms. The van der Waals surface area contributed by atoms with Gasteiger partial charge in [0.1, 0.15) is 5.82 Å². The quantitative estimate of drug-likeness (QED) is 0.813. The van der Waals surface area contributed by atoms with E-state index in [1.165, 1.54) is 38.5 Å². The van der Waals surface area contributed by atoms with E-state index < -0.39 is 0 Å². The number of aryl methyl sites for hydroxylation is 1. The average Bonchev–Trinajstić information content (AvgIpc) is 3.13. The van der Waals surface area contributed by atoms with Gasteiger partial charge in [-0.15, -0.1) is 35.0 Å². The summed E-state index contributed by atoms with van der Waals surface area (Å²) in [7, 11) is 0. The molecular formula is C18H31Cl2N5O. The van der Waals surface area contributed by atoms with Crippen LogP contribution in [0.3, 0.4) is 0 Å². The van der Waals surface area contributed by atoms with Gasteiger partial charge in [0.15, 0.2) is 5.82 Å². The summed E-state index contributed by atoms with van der Waals surface area (Å²) in [6.45, 7) is 4.85. The van der Waals surface area contributed by atoms with Crippen molar-refractivity contribution in [2.75, 3.05) is 13.1 Å². The minimum atomic E-state index is -0.200. The average molecular weight is 404 g/mol. The van der Waals surface area contributed by atoms with Gasteiger partial charge in [-0.3, -0.25) is 4.79 Å². The number of halogens is 2. The van der Waals surface area contributed by atoms with E-state index in [4.69, 9.17) is 0 Å². The van der Waals surface area contributed by atoms with Crippen molar-refractivity contribution < 1.29 is 4.79 Å². The Kier molecular flexibility index (Phi) is 7.34. The smallest absolute Gasteiger partial charge is 0.228 e. The number of fused-ring (bicyclic) bond motifs is 2. The van der Waals surface area contributed by atoms with Crippen molar-refractivity contribution in [2.24, 2.45) is 11.3 Å². The summed E-state index contributed by atoms with van der Waals surface area (Å²) in [4.78, 5) is 13.1. The first-order chi connectivity index (χ1) is 11.7. The molecule has 0 unspecified atom stereocenters. The van der Waals surface area contributed by atoms with Crippen LogP contribution in [0.2, 0.25) is 0 Å². The van der Waals surface area contributed by atoms with Gasteiger partial charge in [-0.05, 0) is 45.1 Å². The molecule has 1 amide bonds. The number of hydrogen-bond acceptors (Lipinski definition) is 4. The van der Waals surface area contributed by atoms with E-state index in [-0.39, 0.29) is 42.2 Å². The van der Waals surface area contributed by atoms with E-state index >= 15 is 0 Å². The third kappa shape index (κ3) is 3.73. The van der Waals surface area contributed by atoms with Crippen molar-refractivity contribution in [2.45, 2.75) is 70.9 Å². The number of carbonyl (C=O) groups is 1. The maximum atomic E-state index is 13.1. The minimum absolute atomic E-state index is 0. The topological polar surface area (TPSA) is 71.8 Å². The van der Waals surface area contributed by atoms with Crippen LogP contribution in [0.25, 0.3) is 0 Å². The standard InChI is InChI=1S/C18H29N5O.2ClH/c1-13(16-22-21-15-8-3-2-6-10-23(15)16)20-17(24)18-9-5-4-7-14(18)11-19-12-18;;/h13-14,19H,2-12H2,1H3,(H,20,24);2*1H/t13-,14+,18-;;/m1../s1. The van der Waals surface area contributed by atoms with Gasteiger partial charge in [-0.1, -0.05) is 19.3 Å². The number of amides is 1. The Morgan fingerprint density at radius 2 is 2.08 bits per heavy atom. The first-order valence-electron chi connectivity index (χ1n) is 9.64. The molecule has 6 nitrogen and oxygen atoms in total. The lowest BCUT2D eigenvalue weighted by Gasteiger charge is -2.37. The molecule has 148 valence electrons. The summed E-state index contributed by atoms with van der Waals surface area (Å²) in [5, 5.41) is 15.5. The van der Waals surface area contributed by atoms with Crippen molar-refractivity contribution in [1.29, 1.82) is 0 Å². The summed E-state index contributed by atoms with van der Waals surface area (Å²) in [5.41, 5.74) is -0.200. The van der Waals surface area contributed by atoms with Crippen LogP contribution in [0.1, 0.15) is 69.6 Å². The van der Waals surface area contributed by atoms with Crippen molar-refractivity contribution in [3.05, 3.63) is 11.6 Å². The lowest BCUT2D eigenvalue weighted by molar-refractivity contribution is -0.134. The highest BCUT2D eigenvalue weighted by molar-refractivity contribution is 5.85. The van der Waals surface area contributed by atoms with Crippen molar-refractivity contribution in [1.82, 2.24) is 25.4 Å². The third-order valence-electron chi connectivity index (χ3n) is 6.36. The molecule has 0 bridgehead atoms. The van der Waals surface area contributed by atoms with Crippen LogP contribution >= 0.6 is 24.8 Å². The van der Waals surface area contributed by atoms with E-state index in [0.717, 1.165) is 44.1 Å². The van der Waals surface area contributed by atoms with Gasteiger partial charge < -0.3 is 15.2 Å². The molecule has 2 N–H and O–H groups in total. The summed E-state index contributed by atoms with van der Waals surface area (Å²) in [6, 6.07) is -0.0746. The molecule has 2 aliphatic heterocycles. The van der Waals surface area contributed by atoms with E-state index in [2.05, 4.69) is 32.3 Å². The predicted octanol–water partition coefficient (Wildman–Crippen LogP) is 2.81. The molecule has 4 rings (SSSR count). The van der Waals surface area contributed by atoms with Crippen molar-refractivity contribution in [3.8, 4) is 0 Å². The SMILES string of the molecule is C[C@@H](NC(=O)[C@@]12CCCC[C@H]1CNC2)c1nnc2n1CCCCC2.Cl.Cl. The van der Waals surface area contributed by atoms with Gasteiger partial charge in [-0.2, -0.15) is 0 Å². The Morgan fingerprint density at radius 3 is 2.92 bits per heavy atom. The Morgan fingerprint density at radius 1 is 1.23 bits per heavy atom. The zero-order valence-electron chi connectivity index (χ0n) is 15.5. The minimum Gasteiger partial charge on any atom is -0.346 e. The van der Waals surface area contributed by atoms with Crippen LogP contribution in [0, 0.1) is 11.3 Å². The van der Waals surface area contributed by atoms with Crippen LogP contribution in [-0.2, 0) is 17.8 Å². The second-order valence-electron chi connectivity index (χ2n) is 7.86. The number of carbonyl (C=O) groups excluding carboxylic acids is 1. The Bertz CT molecular complexity index is 623. The number of nitrogens with zero attached hydrogens (tertiary/aromatic N) is 3. The maximum absolute atomic E-state index is 13.1. The Labute approximate surface area is 168 Å². The molecule has 3 atom stereocenters. The maximum Gasteiger partial charge on any atom is 0.228 e. The lowest BCUT2D eigenvalue weighted by Crippen LogP contribution is -2.48. The zero-order valence-corrected chi connectivity index (χ0v) is 17.1. The largest absolute Gasteiger partial charge is 0.346 e. The third-order valence-corrected chi connectivity index (χ3v) is 6.36. The fraction of sp³-hybridized carbons (Fsp3) is 0.833. The summed E-state index contributed by atoms with van der Waals surface area (Å²) in [6.07, 6.45) is 9.23. The van der Waals surface area contributed by atoms with E-state index in [1.54, 1.807) is 0 Å². The van der Waals surface area contributed by atoms with Gasteiger partial charge in [0.05, 0.1) is 11.5 Å². The molecule has 0 radical (unpaired) electrons. The molecule has 3 aliphatic rings. The van der Waals surface area contributed by atoms with E-state index in [0.29, 0.717) is 5.92 Å². The number of hydrogen-bond donors (Lipinski definition) is 2. The Hall–Kier alpha value is -0.850. The predicted molar refractivity (Wildman–Crippen MR) is 106 cm³/mol. The molecule has 0 aromatic carbocycles. The van der Waals surface area contributed by atoms with Crippen molar-refractivity contribution >= 4 is 30.7 Å².